The van der Waals surface area contributed by atoms with Crippen LogP contribution in [0.15, 0.2) is 241 Å². The molecule has 306 valence electrons. The Kier molecular flexibility index (Phi) is 8.46. The lowest BCUT2D eigenvalue weighted by molar-refractivity contribution is 0.372. The molecule has 0 amide bonds. The van der Waals surface area contributed by atoms with Gasteiger partial charge in [-0.3, -0.25) is 0 Å². The van der Waals surface area contributed by atoms with Gasteiger partial charge in [0, 0.05) is 33.5 Å². The largest absolute Gasteiger partial charge is 0.454 e. The molecule has 2 heteroatoms. The van der Waals surface area contributed by atoms with Gasteiger partial charge >= 0.3 is 0 Å². The van der Waals surface area contributed by atoms with Crippen LogP contribution in [0.2, 0.25) is 0 Å². The number of rotatable bonds is 7. The van der Waals surface area contributed by atoms with Gasteiger partial charge in [0.15, 0.2) is 5.58 Å². The van der Waals surface area contributed by atoms with E-state index >= 15 is 0 Å². The van der Waals surface area contributed by atoms with Crippen molar-refractivity contribution in [2.45, 2.75) is 36.0 Å². The fourth-order valence-electron chi connectivity index (χ4n) is 12.7. The molecule has 0 radical (unpaired) electrons. The van der Waals surface area contributed by atoms with Crippen molar-refractivity contribution in [3.05, 3.63) is 270 Å². The molecule has 2 nitrogen and oxygen atoms in total. The van der Waals surface area contributed by atoms with Crippen LogP contribution >= 0.6 is 0 Å². The first kappa shape index (κ1) is 37.2. The Bertz CT molecular complexity index is 3320. The summed E-state index contributed by atoms with van der Waals surface area (Å²) in [6, 6.07) is 61.0. The van der Waals surface area contributed by atoms with Gasteiger partial charge in [-0.05, 0) is 118 Å². The number of para-hydroxylation sites is 2. The van der Waals surface area contributed by atoms with E-state index < -0.39 is 5.41 Å². The van der Waals surface area contributed by atoms with Gasteiger partial charge < -0.3 is 9.32 Å². The van der Waals surface area contributed by atoms with E-state index in [4.69, 9.17) is 4.42 Å². The molecule has 5 atom stereocenters. The molecule has 64 heavy (non-hydrogen) atoms. The molecule has 0 saturated carbocycles. The highest BCUT2D eigenvalue weighted by atomic mass is 16.3. The van der Waals surface area contributed by atoms with Crippen molar-refractivity contribution >= 4 is 39.0 Å². The third kappa shape index (κ3) is 5.20. The minimum Gasteiger partial charge on any atom is -0.454 e. The van der Waals surface area contributed by atoms with Crippen LogP contribution in [0.3, 0.4) is 0 Å². The zero-order valence-electron chi connectivity index (χ0n) is 35.6. The van der Waals surface area contributed by atoms with Crippen LogP contribution in [0.5, 0.6) is 0 Å². The van der Waals surface area contributed by atoms with Gasteiger partial charge in [-0.15, -0.1) is 0 Å². The molecule has 5 aliphatic rings. The minimum atomic E-state index is -0.443. The van der Waals surface area contributed by atoms with E-state index in [1.807, 2.05) is 0 Å². The van der Waals surface area contributed by atoms with E-state index in [9.17, 15) is 0 Å². The van der Waals surface area contributed by atoms with Crippen LogP contribution in [0.1, 0.15) is 58.6 Å². The number of furan rings is 1. The first-order valence-electron chi connectivity index (χ1n) is 23.0. The Balaban J connectivity index is 1.04. The number of nitrogens with zero attached hydrogens (tertiary/aromatic N) is 1. The average molecular weight is 822 g/mol. The zero-order chi connectivity index (χ0) is 42.2. The van der Waals surface area contributed by atoms with Gasteiger partial charge in [0.1, 0.15) is 5.58 Å². The highest BCUT2D eigenvalue weighted by Gasteiger charge is 2.61. The topological polar surface area (TPSA) is 16.4 Å². The molecule has 1 aromatic heterocycles. The van der Waals surface area contributed by atoms with E-state index in [0.29, 0.717) is 11.8 Å². The van der Waals surface area contributed by atoms with Crippen LogP contribution in [-0.4, -0.2) is 0 Å². The minimum absolute atomic E-state index is 0.205. The summed E-state index contributed by atoms with van der Waals surface area (Å²) in [5, 5.41) is 2.24. The summed E-state index contributed by atoms with van der Waals surface area (Å²) >= 11 is 0. The molecule has 0 fully saturated rings. The van der Waals surface area contributed by atoms with Crippen molar-refractivity contribution in [1.82, 2.24) is 0 Å². The molecule has 8 aromatic rings. The van der Waals surface area contributed by atoms with E-state index in [1.165, 1.54) is 38.9 Å². The molecule has 0 N–H and O–H groups in total. The maximum Gasteiger partial charge on any atom is 0.159 e. The Morgan fingerprint density at radius 3 is 1.83 bits per heavy atom. The van der Waals surface area contributed by atoms with Crippen LogP contribution in [0.4, 0.5) is 17.1 Å². The average Bonchev–Trinajstić information content (AvgIpc) is 3.91. The first-order chi connectivity index (χ1) is 31.8. The SMILES string of the molecule is C1=CCC2C(=C1)C1(C3C=CC=CC3)c3ccccc3C(c3ccc(N(c4ccc(-c5ccccc5)cc4)c4cccc5c4oc4ccccc45)cc3)(C3C=CC=CC3)c3cccc2c31. The number of hydrogen-bond donors (Lipinski definition) is 0. The normalized spacial score (nSPS) is 23.5. The van der Waals surface area contributed by atoms with Crippen LogP contribution in [0, 0.1) is 11.8 Å². The molecule has 0 spiro atoms. The van der Waals surface area contributed by atoms with Crippen LogP contribution in [0.25, 0.3) is 33.1 Å². The first-order valence-corrected chi connectivity index (χ1v) is 23.0. The van der Waals surface area contributed by atoms with Gasteiger partial charge in [-0.2, -0.15) is 0 Å². The summed E-state index contributed by atoms with van der Waals surface area (Å²) in [5.41, 5.74) is 16.9. The quantitative estimate of drug-likeness (QED) is 0.159. The zero-order valence-corrected chi connectivity index (χ0v) is 35.6. The molecule has 0 aliphatic heterocycles. The molecule has 13 rings (SSSR count). The van der Waals surface area contributed by atoms with E-state index in [0.717, 1.165) is 58.3 Å². The van der Waals surface area contributed by atoms with Gasteiger partial charge in [0.05, 0.1) is 11.1 Å². The third-order valence-electron chi connectivity index (χ3n) is 15.2. The van der Waals surface area contributed by atoms with Crippen molar-refractivity contribution in [3.8, 4) is 11.1 Å². The number of allylic oxidation sites excluding steroid dienone is 12. The highest BCUT2D eigenvalue weighted by molar-refractivity contribution is 6.10. The smallest absolute Gasteiger partial charge is 0.159 e. The maximum absolute atomic E-state index is 6.75. The predicted octanol–water partition coefficient (Wildman–Crippen LogP) is 15.9. The van der Waals surface area contributed by atoms with Crippen molar-refractivity contribution < 1.29 is 4.42 Å². The van der Waals surface area contributed by atoms with Crippen molar-refractivity contribution in [1.29, 1.82) is 0 Å². The van der Waals surface area contributed by atoms with Crippen LogP contribution < -0.4 is 4.90 Å². The lowest BCUT2D eigenvalue weighted by Crippen LogP contribution is -2.49. The standard InChI is InChI=1S/C62H47NO/c1-4-18-42(19-5-1)43-34-38-47(39-35-43)63(57-32-17-27-52-50-25-11-15-33-58(50)64-60(52)57)48-40-36-46(37-41-48)61(44-20-6-2-7-21-44)54-29-13-14-30-55(54)62(45-22-8-3-9-23-45)53-28-12-10-24-49(53)51-26-16-31-56(61)59(51)62/h1-20,22,25-41,44-45,49H,21,23-24H2. The van der Waals surface area contributed by atoms with Crippen molar-refractivity contribution in [2.75, 3.05) is 4.90 Å². The maximum atomic E-state index is 6.75. The predicted molar refractivity (Wildman–Crippen MR) is 265 cm³/mol. The Morgan fingerprint density at radius 2 is 1.08 bits per heavy atom. The Morgan fingerprint density at radius 1 is 0.469 bits per heavy atom. The third-order valence-corrected chi connectivity index (χ3v) is 15.2. The van der Waals surface area contributed by atoms with E-state index in [1.54, 1.807) is 11.1 Å². The lowest BCUT2D eigenvalue weighted by Gasteiger charge is -2.54. The summed E-state index contributed by atoms with van der Waals surface area (Å²) in [7, 11) is 0. The van der Waals surface area contributed by atoms with Crippen molar-refractivity contribution in [2.24, 2.45) is 11.8 Å². The molecule has 5 unspecified atom stereocenters. The van der Waals surface area contributed by atoms with E-state index in [2.05, 4.69) is 236 Å². The second kappa shape index (κ2) is 14.6. The van der Waals surface area contributed by atoms with Gasteiger partial charge in [-0.25, -0.2) is 0 Å². The molecular weight excluding hydrogens is 775 g/mol. The Labute approximate surface area is 375 Å². The van der Waals surface area contributed by atoms with Gasteiger partial charge in [-0.1, -0.05) is 194 Å². The number of anilines is 3. The van der Waals surface area contributed by atoms with Crippen LogP contribution in [-0.2, 0) is 10.8 Å². The number of benzene rings is 7. The molecular formula is C62H47NO. The molecule has 0 saturated heterocycles. The second-order valence-corrected chi connectivity index (χ2v) is 18.1. The van der Waals surface area contributed by atoms with Gasteiger partial charge in [0.25, 0.3) is 0 Å². The second-order valence-electron chi connectivity index (χ2n) is 18.1. The summed E-state index contributed by atoms with van der Waals surface area (Å²) in [6.45, 7) is 0. The fraction of sp³-hybridized carbons (Fsp3) is 0.129. The summed E-state index contributed by atoms with van der Waals surface area (Å²) in [5.74, 6) is 0.873. The fourth-order valence-corrected chi connectivity index (χ4v) is 12.7. The summed E-state index contributed by atoms with van der Waals surface area (Å²) in [6.07, 6.45) is 29.0. The molecule has 7 aromatic carbocycles. The van der Waals surface area contributed by atoms with Crippen molar-refractivity contribution in [3.63, 3.8) is 0 Å². The molecule has 1 heterocycles. The molecule has 0 bridgehead atoms. The van der Waals surface area contributed by atoms with E-state index in [-0.39, 0.29) is 11.3 Å². The summed E-state index contributed by atoms with van der Waals surface area (Å²) < 4.78 is 6.75. The highest BCUT2D eigenvalue weighted by Crippen LogP contribution is 2.69. The molecule has 5 aliphatic carbocycles. The number of fused-ring (bicyclic) bond motifs is 8. The van der Waals surface area contributed by atoms with Gasteiger partial charge in [0.2, 0.25) is 0 Å². The lowest BCUT2D eigenvalue weighted by atomic mass is 9.48. The number of hydrogen-bond acceptors (Lipinski definition) is 2. The monoisotopic (exact) mass is 821 g/mol. The Hall–Kier alpha value is -7.42. The summed E-state index contributed by atoms with van der Waals surface area (Å²) in [4.78, 5) is 2.38.